The van der Waals surface area contributed by atoms with Crippen molar-refractivity contribution < 1.29 is 9.59 Å². The van der Waals surface area contributed by atoms with Gasteiger partial charge in [0.1, 0.15) is 6.33 Å². The summed E-state index contributed by atoms with van der Waals surface area (Å²) in [6, 6.07) is 6.76. The van der Waals surface area contributed by atoms with E-state index in [1.165, 1.54) is 25.6 Å². The van der Waals surface area contributed by atoms with Crippen molar-refractivity contribution in [3.8, 4) is 0 Å². The highest BCUT2D eigenvalue weighted by Crippen LogP contribution is 2.12. The third-order valence-electron chi connectivity index (χ3n) is 2.35. The van der Waals surface area contributed by atoms with Crippen LogP contribution in [0, 0.1) is 0 Å². The second kappa shape index (κ2) is 5.18. The first kappa shape index (κ1) is 11.9. The Morgan fingerprint density at radius 1 is 1.11 bits per heavy atom. The van der Waals surface area contributed by atoms with Gasteiger partial charge in [-0.15, -0.1) is 0 Å². The van der Waals surface area contributed by atoms with Crippen molar-refractivity contribution in [1.82, 2.24) is 9.97 Å². The van der Waals surface area contributed by atoms with Gasteiger partial charge in [-0.2, -0.15) is 0 Å². The zero-order valence-electron chi connectivity index (χ0n) is 9.75. The molecule has 5 nitrogen and oxygen atoms in total. The van der Waals surface area contributed by atoms with Gasteiger partial charge in [0.15, 0.2) is 5.78 Å². The standard InChI is InChI=1S/C13H11N3O2/c1-9(17)10-3-2-4-12(5-10)16-13(18)11-6-14-8-15-7-11/h2-8H,1H3,(H,16,18). The third-order valence-corrected chi connectivity index (χ3v) is 2.35. The molecule has 0 unspecified atom stereocenters. The Hall–Kier alpha value is -2.56. The van der Waals surface area contributed by atoms with E-state index in [0.29, 0.717) is 16.8 Å². The number of hydrogen-bond donors (Lipinski definition) is 1. The van der Waals surface area contributed by atoms with Crippen molar-refractivity contribution >= 4 is 17.4 Å². The Kier molecular flexibility index (Phi) is 3.43. The van der Waals surface area contributed by atoms with Gasteiger partial charge in [0.05, 0.1) is 5.56 Å². The lowest BCUT2D eigenvalue weighted by molar-refractivity contribution is 0.101. The minimum Gasteiger partial charge on any atom is -0.322 e. The number of hydrogen-bond acceptors (Lipinski definition) is 4. The molecular weight excluding hydrogens is 230 g/mol. The fourth-order valence-corrected chi connectivity index (χ4v) is 1.44. The van der Waals surface area contributed by atoms with Crippen LogP contribution in [0.2, 0.25) is 0 Å². The van der Waals surface area contributed by atoms with Gasteiger partial charge < -0.3 is 5.32 Å². The predicted molar refractivity (Wildman–Crippen MR) is 66.4 cm³/mol. The van der Waals surface area contributed by atoms with Crippen LogP contribution >= 0.6 is 0 Å². The van der Waals surface area contributed by atoms with Gasteiger partial charge in [-0.05, 0) is 19.1 Å². The molecule has 2 rings (SSSR count). The van der Waals surface area contributed by atoms with Gasteiger partial charge in [0.25, 0.3) is 5.91 Å². The summed E-state index contributed by atoms with van der Waals surface area (Å²) in [7, 11) is 0. The minimum atomic E-state index is -0.309. The van der Waals surface area contributed by atoms with E-state index in [1.54, 1.807) is 24.3 Å². The number of benzene rings is 1. The minimum absolute atomic E-state index is 0.0471. The summed E-state index contributed by atoms with van der Waals surface area (Å²) in [6.07, 6.45) is 4.21. The number of aromatic nitrogens is 2. The van der Waals surface area contributed by atoms with E-state index in [2.05, 4.69) is 15.3 Å². The summed E-state index contributed by atoms with van der Waals surface area (Å²) in [5.41, 5.74) is 1.49. The van der Waals surface area contributed by atoms with E-state index in [0.717, 1.165) is 0 Å². The zero-order valence-corrected chi connectivity index (χ0v) is 9.75. The summed E-state index contributed by atoms with van der Waals surface area (Å²) < 4.78 is 0. The molecule has 1 N–H and O–H groups in total. The van der Waals surface area contributed by atoms with Gasteiger partial charge in [0.2, 0.25) is 0 Å². The lowest BCUT2D eigenvalue weighted by Crippen LogP contribution is -2.12. The summed E-state index contributed by atoms with van der Waals surface area (Å²) in [5, 5.41) is 2.68. The van der Waals surface area contributed by atoms with Crippen molar-refractivity contribution in [2.24, 2.45) is 0 Å². The first-order valence-electron chi connectivity index (χ1n) is 5.34. The fraction of sp³-hybridized carbons (Fsp3) is 0.0769. The molecule has 0 atom stereocenters. The maximum Gasteiger partial charge on any atom is 0.258 e. The van der Waals surface area contributed by atoms with E-state index in [1.807, 2.05) is 0 Å². The van der Waals surface area contributed by atoms with E-state index in [4.69, 9.17) is 0 Å². The number of anilines is 1. The molecule has 0 bridgehead atoms. The number of nitrogens with one attached hydrogen (secondary N) is 1. The first-order valence-corrected chi connectivity index (χ1v) is 5.34. The molecule has 0 spiro atoms. The van der Waals surface area contributed by atoms with Gasteiger partial charge in [-0.1, -0.05) is 12.1 Å². The Balaban J connectivity index is 2.17. The third kappa shape index (κ3) is 2.76. The maximum absolute atomic E-state index is 11.8. The predicted octanol–water partition coefficient (Wildman–Crippen LogP) is 1.93. The highest BCUT2D eigenvalue weighted by molar-refractivity contribution is 6.04. The van der Waals surface area contributed by atoms with E-state index >= 15 is 0 Å². The molecule has 1 heterocycles. The molecule has 1 amide bonds. The highest BCUT2D eigenvalue weighted by atomic mass is 16.1. The van der Waals surface area contributed by atoms with Crippen molar-refractivity contribution in [2.75, 3.05) is 5.32 Å². The monoisotopic (exact) mass is 241 g/mol. The van der Waals surface area contributed by atoms with Crippen molar-refractivity contribution in [2.45, 2.75) is 6.92 Å². The summed E-state index contributed by atoms with van der Waals surface area (Å²) in [6.45, 7) is 1.48. The molecule has 0 saturated heterocycles. The Bertz CT molecular complexity index is 582. The Morgan fingerprint density at radius 2 is 1.83 bits per heavy atom. The average Bonchev–Trinajstić information content (AvgIpc) is 2.40. The molecule has 1 aromatic heterocycles. The molecule has 0 aliphatic carbocycles. The molecule has 0 aliphatic heterocycles. The van der Waals surface area contributed by atoms with Crippen molar-refractivity contribution in [3.63, 3.8) is 0 Å². The average molecular weight is 241 g/mol. The van der Waals surface area contributed by atoms with Gasteiger partial charge in [-0.3, -0.25) is 9.59 Å². The molecular formula is C13H11N3O2. The fourth-order valence-electron chi connectivity index (χ4n) is 1.44. The normalized spacial score (nSPS) is 9.83. The van der Waals surface area contributed by atoms with Crippen molar-refractivity contribution in [1.29, 1.82) is 0 Å². The molecule has 18 heavy (non-hydrogen) atoms. The summed E-state index contributed by atoms with van der Waals surface area (Å²) in [4.78, 5) is 30.6. The Labute approximate surface area is 104 Å². The Morgan fingerprint density at radius 3 is 2.50 bits per heavy atom. The number of ketones is 1. The lowest BCUT2D eigenvalue weighted by atomic mass is 10.1. The van der Waals surface area contributed by atoms with Gasteiger partial charge in [0, 0.05) is 23.6 Å². The largest absolute Gasteiger partial charge is 0.322 e. The molecule has 2 aromatic rings. The van der Waals surface area contributed by atoms with Gasteiger partial charge in [-0.25, -0.2) is 9.97 Å². The quantitative estimate of drug-likeness (QED) is 0.833. The van der Waals surface area contributed by atoms with Crippen LogP contribution in [0.15, 0.2) is 43.0 Å². The van der Waals surface area contributed by atoms with Gasteiger partial charge >= 0.3 is 0 Å². The van der Waals surface area contributed by atoms with E-state index in [9.17, 15) is 9.59 Å². The van der Waals surface area contributed by atoms with Crippen LogP contribution in [-0.2, 0) is 0 Å². The smallest absolute Gasteiger partial charge is 0.258 e. The second-order valence-corrected chi connectivity index (χ2v) is 3.72. The zero-order chi connectivity index (χ0) is 13.0. The number of carbonyl (C=O) groups excluding carboxylic acids is 2. The summed E-state index contributed by atoms with van der Waals surface area (Å²) in [5.74, 6) is -0.356. The maximum atomic E-state index is 11.8. The van der Waals surface area contributed by atoms with Crippen LogP contribution in [0.4, 0.5) is 5.69 Å². The van der Waals surface area contributed by atoms with Crippen molar-refractivity contribution in [3.05, 3.63) is 54.1 Å². The van der Waals surface area contributed by atoms with Crippen LogP contribution in [-0.4, -0.2) is 21.7 Å². The molecule has 0 fully saturated rings. The van der Waals surface area contributed by atoms with Crippen LogP contribution in [0.25, 0.3) is 0 Å². The highest BCUT2D eigenvalue weighted by Gasteiger charge is 2.07. The number of nitrogens with zero attached hydrogens (tertiary/aromatic N) is 2. The van der Waals surface area contributed by atoms with Crippen LogP contribution < -0.4 is 5.32 Å². The van der Waals surface area contributed by atoms with E-state index in [-0.39, 0.29) is 11.7 Å². The first-order chi connectivity index (χ1) is 8.66. The number of rotatable bonds is 3. The molecule has 0 aliphatic rings. The number of amides is 1. The summed E-state index contributed by atoms with van der Waals surface area (Å²) >= 11 is 0. The topological polar surface area (TPSA) is 72.0 Å². The second-order valence-electron chi connectivity index (χ2n) is 3.72. The molecule has 0 radical (unpaired) electrons. The lowest BCUT2D eigenvalue weighted by Gasteiger charge is -2.05. The van der Waals surface area contributed by atoms with Crippen LogP contribution in [0.1, 0.15) is 27.6 Å². The molecule has 90 valence electrons. The molecule has 0 saturated carbocycles. The van der Waals surface area contributed by atoms with Crippen LogP contribution in [0.5, 0.6) is 0 Å². The van der Waals surface area contributed by atoms with Crippen LogP contribution in [0.3, 0.4) is 0 Å². The number of carbonyl (C=O) groups is 2. The SMILES string of the molecule is CC(=O)c1cccc(NC(=O)c2cncnc2)c1. The molecule has 5 heteroatoms. The number of Topliss-reactive ketones (excluding diaryl/α,β-unsaturated/α-hetero) is 1. The van der Waals surface area contributed by atoms with E-state index < -0.39 is 0 Å². The molecule has 1 aromatic carbocycles.